The number of ether oxygens (including phenoxy) is 1. The number of aliphatic hydroxyl groups is 1. The van der Waals surface area contributed by atoms with Crippen molar-refractivity contribution in [2.45, 2.75) is 26.5 Å². The molecule has 4 rings (SSSR count). The lowest BCUT2D eigenvalue weighted by molar-refractivity contribution is 0.0914. The van der Waals surface area contributed by atoms with Crippen LogP contribution in [-0.2, 0) is 6.54 Å². The van der Waals surface area contributed by atoms with E-state index in [1.54, 1.807) is 24.3 Å². The van der Waals surface area contributed by atoms with Crippen molar-refractivity contribution in [2.24, 2.45) is 0 Å². The van der Waals surface area contributed by atoms with E-state index in [1.165, 1.54) is 29.2 Å². The predicted octanol–water partition coefficient (Wildman–Crippen LogP) is 4.08. The topological polar surface area (TPSA) is 81.4 Å². The van der Waals surface area contributed by atoms with E-state index < -0.39 is 6.10 Å². The average Bonchev–Trinajstić information content (AvgIpc) is 3.12. The number of rotatable bonds is 7. The lowest BCUT2D eigenvalue weighted by Crippen LogP contribution is -2.30. The molecule has 1 unspecified atom stereocenters. The molecule has 2 aromatic carbocycles. The van der Waals surface area contributed by atoms with E-state index in [4.69, 9.17) is 4.74 Å². The molecule has 2 heterocycles. The summed E-state index contributed by atoms with van der Waals surface area (Å²) in [6.45, 7) is 3.56. The van der Waals surface area contributed by atoms with Crippen molar-refractivity contribution >= 4 is 27.3 Å². The molecule has 7 heteroatoms. The van der Waals surface area contributed by atoms with Gasteiger partial charge in [-0.05, 0) is 43.7 Å². The molecule has 1 N–H and O–H groups in total. The predicted molar refractivity (Wildman–Crippen MR) is 122 cm³/mol. The number of hydrogen-bond acceptors (Lipinski definition) is 6. The van der Waals surface area contributed by atoms with Crippen LogP contribution in [0, 0.1) is 6.92 Å². The molecule has 0 bridgehead atoms. The first-order chi connectivity index (χ1) is 14.9. The Labute approximate surface area is 183 Å². The third kappa shape index (κ3) is 4.42. The average molecular weight is 435 g/mol. The van der Waals surface area contributed by atoms with E-state index >= 15 is 0 Å². The zero-order valence-corrected chi connectivity index (χ0v) is 18.1. The summed E-state index contributed by atoms with van der Waals surface area (Å²) in [7, 11) is 0. The van der Waals surface area contributed by atoms with E-state index in [-0.39, 0.29) is 24.5 Å². The van der Waals surface area contributed by atoms with Crippen LogP contribution < -0.4 is 10.3 Å². The maximum Gasteiger partial charge on any atom is 0.262 e. The quantitative estimate of drug-likeness (QED) is 0.444. The minimum absolute atomic E-state index is 0.0120. The Hall–Kier alpha value is -3.29. The molecule has 1 atom stereocenters. The second kappa shape index (κ2) is 8.83. The Morgan fingerprint density at radius 2 is 1.87 bits per heavy atom. The fraction of sp³-hybridized carbons (Fsp3) is 0.208. The van der Waals surface area contributed by atoms with Gasteiger partial charge in [-0.15, -0.1) is 11.3 Å². The lowest BCUT2D eigenvalue weighted by atomic mass is 10.0. The Kier molecular flexibility index (Phi) is 5.97. The van der Waals surface area contributed by atoms with E-state index in [9.17, 15) is 14.7 Å². The van der Waals surface area contributed by atoms with Crippen molar-refractivity contribution in [2.75, 3.05) is 6.61 Å². The van der Waals surface area contributed by atoms with Crippen LogP contribution in [-0.4, -0.2) is 33.2 Å². The largest absolute Gasteiger partial charge is 0.491 e. The molecule has 0 saturated heterocycles. The third-order valence-corrected chi connectivity index (χ3v) is 6.04. The number of ketones is 1. The number of hydrogen-bond donors (Lipinski definition) is 1. The number of aromatic nitrogens is 2. The normalized spacial score (nSPS) is 12.1. The fourth-order valence-electron chi connectivity index (χ4n) is 3.48. The number of Topliss-reactive ketones (excluding diaryl/α,β-unsaturated/α-hetero) is 1. The first kappa shape index (κ1) is 21.0. The highest BCUT2D eigenvalue weighted by Gasteiger charge is 2.18. The van der Waals surface area contributed by atoms with Crippen molar-refractivity contribution in [3.63, 3.8) is 0 Å². The number of aryl methyl sites for hydroxylation is 1. The summed E-state index contributed by atoms with van der Waals surface area (Å²) in [6.07, 6.45) is 0.574. The standard InChI is InChI=1S/C24H22N2O4S/c1-15(27)17-8-10-20(11-9-17)30-13-19(28)12-26-14-25-23-22(24(26)29)21(16(2)31-23)18-6-4-3-5-7-18/h3-11,14,19,28H,12-13H2,1-2H3. The van der Waals surface area contributed by atoms with Gasteiger partial charge in [-0.1, -0.05) is 30.3 Å². The second-order valence-corrected chi connectivity index (χ2v) is 8.53. The smallest absolute Gasteiger partial charge is 0.262 e. The van der Waals surface area contributed by atoms with Crippen LogP contribution >= 0.6 is 11.3 Å². The molecular formula is C24H22N2O4S. The number of carbonyl (C=O) groups is 1. The Bertz CT molecular complexity index is 1280. The van der Waals surface area contributed by atoms with Gasteiger partial charge in [-0.3, -0.25) is 14.2 Å². The first-order valence-electron chi connectivity index (χ1n) is 9.90. The minimum Gasteiger partial charge on any atom is -0.491 e. The highest BCUT2D eigenvalue weighted by molar-refractivity contribution is 7.19. The molecule has 0 saturated carbocycles. The van der Waals surface area contributed by atoms with Crippen molar-refractivity contribution in [1.82, 2.24) is 9.55 Å². The summed E-state index contributed by atoms with van der Waals surface area (Å²) >= 11 is 1.49. The van der Waals surface area contributed by atoms with Gasteiger partial charge in [0.05, 0.1) is 18.3 Å². The van der Waals surface area contributed by atoms with Gasteiger partial charge in [0.15, 0.2) is 5.78 Å². The van der Waals surface area contributed by atoms with E-state index in [2.05, 4.69) is 4.98 Å². The maximum atomic E-state index is 13.2. The Morgan fingerprint density at radius 3 is 2.55 bits per heavy atom. The SMILES string of the molecule is CC(=O)c1ccc(OCC(O)Cn2cnc3sc(C)c(-c4ccccc4)c3c2=O)cc1. The minimum atomic E-state index is -0.899. The third-order valence-electron chi connectivity index (χ3n) is 5.03. The van der Waals surface area contributed by atoms with E-state index in [1.807, 2.05) is 37.3 Å². The number of aliphatic hydroxyl groups excluding tert-OH is 1. The van der Waals surface area contributed by atoms with Crippen molar-refractivity contribution in [3.05, 3.63) is 81.7 Å². The van der Waals surface area contributed by atoms with Crippen LogP contribution in [0.2, 0.25) is 0 Å². The highest BCUT2D eigenvalue weighted by Crippen LogP contribution is 2.35. The molecule has 0 radical (unpaired) electrons. The Balaban J connectivity index is 1.54. The van der Waals surface area contributed by atoms with Gasteiger partial charge in [-0.25, -0.2) is 4.98 Å². The van der Waals surface area contributed by atoms with Gasteiger partial charge in [0.25, 0.3) is 5.56 Å². The van der Waals surface area contributed by atoms with Gasteiger partial charge in [0.1, 0.15) is 23.3 Å². The molecule has 0 aliphatic carbocycles. The molecule has 0 fully saturated rings. The van der Waals surface area contributed by atoms with Crippen LogP contribution in [0.4, 0.5) is 0 Å². The second-order valence-electron chi connectivity index (χ2n) is 7.33. The van der Waals surface area contributed by atoms with Crippen LogP contribution in [0.25, 0.3) is 21.3 Å². The summed E-state index contributed by atoms with van der Waals surface area (Å²) in [5.41, 5.74) is 2.28. The lowest BCUT2D eigenvalue weighted by Gasteiger charge is -2.14. The monoisotopic (exact) mass is 434 g/mol. The number of fused-ring (bicyclic) bond motifs is 1. The van der Waals surface area contributed by atoms with Gasteiger partial charge in [0, 0.05) is 16.0 Å². The number of carbonyl (C=O) groups excluding carboxylic acids is 1. The molecule has 31 heavy (non-hydrogen) atoms. The number of thiophene rings is 1. The molecular weight excluding hydrogens is 412 g/mol. The van der Waals surface area contributed by atoms with Gasteiger partial charge in [0.2, 0.25) is 0 Å². The molecule has 4 aromatic rings. The molecule has 0 spiro atoms. The Morgan fingerprint density at radius 1 is 1.16 bits per heavy atom. The summed E-state index contributed by atoms with van der Waals surface area (Å²) < 4.78 is 7.03. The summed E-state index contributed by atoms with van der Waals surface area (Å²) in [6, 6.07) is 16.5. The first-order valence-corrected chi connectivity index (χ1v) is 10.7. The van der Waals surface area contributed by atoms with E-state index in [0.29, 0.717) is 21.5 Å². The van der Waals surface area contributed by atoms with Crippen LogP contribution in [0.1, 0.15) is 22.2 Å². The summed E-state index contributed by atoms with van der Waals surface area (Å²) in [5, 5.41) is 11.0. The summed E-state index contributed by atoms with van der Waals surface area (Å²) in [4.78, 5) is 30.7. The van der Waals surface area contributed by atoms with Gasteiger partial charge >= 0.3 is 0 Å². The van der Waals surface area contributed by atoms with Gasteiger partial charge in [-0.2, -0.15) is 0 Å². The van der Waals surface area contributed by atoms with Crippen LogP contribution in [0.5, 0.6) is 5.75 Å². The number of benzene rings is 2. The highest BCUT2D eigenvalue weighted by atomic mass is 32.1. The zero-order chi connectivity index (χ0) is 22.0. The molecule has 0 aliphatic heterocycles. The molecule has 158 valence electrons. The van der Waals surface area contributed by atoms with Crippen LogP contribution in [0.15, 0.2) is 65.7 Å². The molecule has 0 amide bonds. The zero-order valence-electron chi connectivity index (χ0n) is 17.2. The van der Waals surface area contributed by atoms with Gasteiger partial charge < -0.3 is 9.84 Å². The maximum absolute atomic E-state index is 13.2. The van der Waals surface area contributed by atoms with Crippen molar-refractivity contribution < 1.29 is 14.6 Å². The molecule has 0 aliphatic rings. The molecule has 2 aromatic heterocycles. The van der Waals surface area contributed by atoms with Crippen molar-refractivity contribution in [3.8, 4) is 16.9 Å². The van der Waals surface area contributed by atoms with E-state index in [0.717, 1.165) is 16.0 Å². The number of nitrogens with zero attached hydrogens (tertiary/aromatic N) is 2. The fourth-order valence-corrected chi connectivity index (χ4v) is 4.48. The summed E-state index contributed by atoms with van der Waals surface area (Å²) in [5.74, 6) is 0.525. The van der Waals surface area contributed by atoms with Crippen LogP contribution in [0.3, 0.4) is 0 Å². The molecule has 6 nitrogen and oxygen atoms in total. The van der Waals surface area contributed by atoms with Crippen molar-refractivity contribution in [1.29, 1.82) is 0 Å².